The van der Waals surface area contributed by atoms with Crippen molar-refractivity contribution < 1.29 is 0.272 Å². The van der Waals surface area contributed by atoms with E-state index in [1.165, 1.54) is 12.1 Å². The molecular weight excluding hydrogens is 836 g/mol. The molecule has 0 unspecified atom stereocenters. The van der Waals surface area contributed by atoms with Crippen LogP contribution in [0.2, 0.25) is 0 Å². The van der Waals surface area contributed by atoms with Crippen LogP contribution in [-0.2, 0) is 0.272 Å². The average Bonchev–Trinajstić information content (AvgIpc) is 3.75. The first kappa shape index (κ1) is 32.0. The third kappa shape index (κ3) is 5.43. The fraction of sp³-hybridized carbons (Fsp3) is 0. The first-order chi connectivity index (χ1) is 22.5. The van der Waals surface area contributed by atoms with Gasteiger partial charge in [0.2, 0.25) is 0 Å². The second-order valence-electron chi connectivity index (χ2n) is 11.8. The number of nitrogens with zero attached hydrogens (tertiary/aromatic N) is 6. The molecule has 0 fully saturated rings. The Morgan fingerprint density at radius 3 is 1.14 bits per heavy atom. The molecule has 5 heterocycles. The molecule has 0 atom stereocenters. The molecule has 0 spiro atoms. The summed E-state index contributed by atoms with van der Waals surface area (Å²) in [6, 6.07) is 27.1. The predicted octanol–water partition coefficient (Wildman–Crippen LogP) is 11.6. The van der Waals surface area contributed by atoms with Gasteiger partial charge in [-0.05, 0) is 0 Å². The van der Waals surface area contributed by atoms with E-state index in [2.05, 4.69) is 9.97 Å². The Morgan fingerprint density at radius 1 is 0.367 bits per heavy atom. The zero-order valence-corrected chi connectivity index (χ0v) is 31.4. The van der Waals surface area contributed by atoms with E-state index < -0.39 is 4.73 Å². The van der Waals surface area contributed by atoms with Crippen molar-refractivity contribution in [2.75, 3.05) is 0 Å². The number of nitrogens with one attached hydrogen (secondary N) is 2. The SMILES string of the molecule is [Cl][Fe]([Cl])([Cl])([Cl])([Cl])([Cl])([Cl])([Cl])[c]1cccc2c3nc4nc(nc5[nH]c(nc6nc(nc([nH]3)c12)-c1ccccc1-6)c1ccccc51)-c1ccccc1-4. The second kappa shape index (κ2) is 7.64. The molecule has 0 saturated heterocycles. The molecule has 2 N–H and O–H groups in total. The molecule has 49 heavy (non-hydrogen) atoms. The molecule has 0 aliphatic carbocycles. The van der Waals surface area contributed by atoms with Gasteiger partial charge in [0, 0.05) is 0 Å². The summed E-state index contributed by atoms with van der Waals surface area (Å²) in [5.74, 6) is 1.38. The Kier molecular flexibility index (Phi) is 4.99. The summed E-state index contributed by atoms with van der Waals surface area (Å²) in [5.41, 5.74) is 4.18. The van der Waals surface area contributed by atoms with Crippen LogP contribution in [0, 0.1) is 0 Å². The Hall–Kier alpha value is -2.92. The van der Waals surface area contributed by atoms with Crippen LogP contribution in [0.4, 0.5) is 0 Å². The maximum atomic E-state index is 6.71. The van der Waals surface area contributed by atoms with Crippen molar-refractivity contribution in [3.63, 3.8) is 0 Å². The Bertz CT molecular complexity index is 2920. The molecule has 4 aromatic carbocycles. The number of hydrogen-bond acceptors (Lipinski definition) is 6. The van der Waals surface area contributed by atoms with Crippen LogP contribution in [-0.4, -0.2) is 39.9 Å². The molecule has 0 amide bonds. The quantitative estimate of drug-likeness (QED) is 0.159. The van der Waals surface area contributed by atoms with Crippen molar-refractivity contribution in [3.8, 4) is 45.6 Å². The molecule has 17 heteroatoms. The summed E-state index contributed by atoms with van der Waals surface area (Å²) in [6.45, 7) is 0. The summed E-state index contributed by atoms with van der Waals surface area (Å²) >= 11 is 0. The van der Waals surface area contributed by atoms with E-state index in [9.17, 15) is 0 Å². The number of aromatic nitrogens is 8. The first-order valence-corrected chi connectivity index (χ1v) is 26.9. The summed E-state index contributed by atoms with van der Waals surface area (Å²) in [4.78, 5) is 36.0. The molecule has 2 aliphatic heterocycles. The third-order valence-corrected chi connectivity index (χ3v) is 15.1. The number of aromatic amines is 2. The van der Waals surface area contributed by atoms with Crippen molar-refractivity contribution in [2.24, 2.45) is 0 Å². The summed E-state index contributed by atoms with van der Waals surface area (Å²) in [5, 5.41) is 1.94. The number of H-pyrrole nitrogens is 2. The number of rotatable bonds is 1. The van der Waals surface area contributed by atoms with Crippen molar-refractivity contribution >= 4 is 129 Å². The molecule has 8 nitrogen and oxygen atoms in total. The molecule has 0 saturated carbocycles. The first-order valence-electron chi connectivity index (χ1n) is 14.2. The van der Waals surface area contributed by atoms with Gasteiger partial charge >= 0.3 is 300 Å². The topological polar surface area (TPSA) is 109 Å². The normalized spacial score (nSPS) is 17.1. The fourth-order valence-electron chi connectivity index (χ4n) is 6.08. The Balaban J connectivity index is 1.56. The van der Waals surface area contributed by atoms with Gasteiger partial charge < -0.3 is 0 Å². The fourth-order valence-corrected chi connectivity index (χ4v) is 11.5. The molecule has 9 rings (SSSR count). The van der Waals surface area contributed by atoms with E-state index >= 15 is 0 Å². The van der Waals surface area contributed by atoms with Crippen molar-refractivity contribution in [1.82, 2.24) is 39.9 Å². The Morgan fingerprint density at radius 2 is 0.714 bits per heavy atom. The number of halogens is 8. The molecule has 3 aromatic heterocycles. The molecule has 2 aliphatic rings. The van der Waals surface area contributed by atoms with Crippen LogP contribution >= 0.6 is 80.8 Å². The van der Waals surface area contributed by atoms with E-state index in [-0.39, 0.29) is 22.5 Å². The van der Waals surface area contributed by atoms with Gasteiger partial charge in [-0.15, -0.1) is 0 Å². The molecule has 7 aromatic rings. The summed E-state index contributed by atoms with van der Waals surface area (Å²) in [7, 11) is 53.7. The van der Waals surface area contributed by atoms with Crippen molar-refractivity contribution in [1.29, 1.82) is 0 Å². The average molecular weight is 853 g/mol. The summed E-state index contributed by atoms with van der Waals surface area (Å²) < 4.78 is -9.80. The predicted molar refractivity (Wildman–Crippen MR) is 203 cm³/mol. The van der Waals surface area contributed by atoms with Gasteiger partial charge in [0.15, 0.2) is 0 Å². The Labute approximate surface area is 303 Å². The van der Waals surface area contributed by atoms with Crippen molar-refractivity contribution in [2.45, 2.75) is 0 Å². The zero-order valence-electron chi connectivity index (χ0n) is 24.2. The minimum atomic E-state index is -9.14. The van der Waals surface area contributed by atoms with E-state index in [0.29, 0.717) is 50.8 Å². The van der Waals surface area contributed by atoms with E-state index in [1.807, 2.05) is 72.8 Å². The third-order valence-electron chi connectivity index (χ3n) is 8.09. The van der Waals surface area contributed by atoms with Crippen LogP contribution in [0.25, 0.3) is 89.7 Å². The monoisotopic (exact) mass is 849 g/mol. The maximum absolute atomic E-state index is 9.14. The molecule has 249 valence electrons. The number of hydrogen-bond donors (Lipinski definition) is 2. The standard InChI is InChI=1S/C32H17N8.8ClH.Fe/c1-2-10-18-17(9-1)25-33-26(18)38-28-21-13-5-6-14-22(21)30(35-28)40-32-24-16-8-7-15-23(24)31(36-32)39-29-20-12-4-3-11-19(20)27(34-29)37-25;;;;;;;;;/h1-15H,(H2,33,34,35,36,37,38,39,40);8*1H;/q;;;;;;;;;+8/p-8. The van der Waals surface area contributed by atoms with E-state index in [1.54, 1.807) is 6.07 Å². The van der Waals surface area contributed by atoms with Crippen LogP contribution < -0.4 is 4.46 Å². The van der Waals surface area contributed by atoms with Gasteiger partial charge in [-0.1, -0.05) is 6.07 Å². The second-order valence-corrected chi connectivity index (χ2v) is 69.6. The van der Waals surface area contributed by atoms with Gasteiger partial charge in [-0.2, -0.15) is 0 Å². The summed E-state index contributed by atoms with van der Waals surface area (Å²) in [6.07, 6.45) is 0. The van der Waals surface area contributed by atoms with Gasteiger partial charge in [-0.3, -0.25) is 0 Å². The van der Waals surface area contributed by atoms with Gasteiger partial charge in [0.25, 0.3) is 0 Å². The van der Waals surface area contributed by atoms with Crippen LogP contribution in [0.5, 0.6) is 0 Å². The molecule has 8 bridgehead atoms. The van der Waals surface area contributed by atoms with Crippen LogP contribution in [0.15, 0.2) is 91.0 Å². The van der Waals surface area contributed by atoms with Gasteiger partial charge in [0.1, 0.15) is 0 Å². The van der Waals surface area contributed by atoms with Gasteiger partial charge in [-0.25, -0.2) is 0 Å². The molecular formula is C32H17Cl8FeN8. The van der Waals surface area contributed by atoms with Crippen molar-refractivity contribution in [3.05, 3.63) is 91.0 Å². The number of benzene rings is 4. The van der Waals surface area contributed by atoms with E-state index in [0.717, 1.165) is 16.3 Å². The number of fused-ring (bicyclic) bond motifs is 20. The van der Waals surface area contributed by atoms with E-state index in [4.69, 9.17) is 111 Å². The van der Waals surface area contributed by atoms with Gasteiger partial charge in [0.05, 0.1) is 0 Å². The zero-order chi connectivity index (χ0) is 34.4. The minimum absolute atomic E-state index is 0.0230. The van der Waals surface area contributed by atoms with Crippen LogP contribution in [0.1, 0.15) is 0 Å². The molecule has 0 radical (unpaired) electrons. The van der Waals surface area contributed by atoms with Crippen LogP contribution in [0.3, 0.4) is 0 Å².